The standard InChI is InChI=1S/C21H31N3O2S/c1-21(2,3)27(25,26)24-18-10-8-16(9-11-18)14-22-15-17-12-13-23-20-7-5-4-6-19(17)20/h4-7,12-13,16,18,22,24H,8-11,14-15H2,1-3H3. The van der Waals surface area contributed by atoms with Gasteiger partial charge in [0, 0.05) is 24.2 Å². The molecule has 2 aromatic rings. The molecule has 1 fully saturated rings. The van der Waals surface area contributed by atoms with Crippen LogP contribution in [-0.2, 0) is 16.6 Å². The Kier molecular flexibility index (Phi) is 6.18. The number of rotatable bonds is 6. The minimum absolute atomic E-state index is 0.0783. The summed E-state index contributed by atoms with van der Waals surface area (Å²) in [5.74, 6) is 0.605. The zero-order valence-electron chi connectivity index (χ0n) is 16.5. The Morgan fingerprint density at radius 3 is 2.48 bits per heavy atom. The molecule has 1 aliphatic rings. The van der Waals surface area contributed by atoms with Crippen LogP contribution in [0.5, 0.6) is 0 Å². The maximum absolute atomic E-state index is 12.3. The van der Waals surface area contributed by atoms with Gasteiger partial charge < -0.3 is 5.32 Å². The fourth-order valence-electron chi connectivity index (χ4n) is 3.60. The largest absolute Gasteiger partial charge is 0.312 e. The van der Waals surface area contributed by atoms with Crippen LogP contribution in [0.25, 0.3) is 10.9 Å². The van der Waals surface area contributed by atoms with Crippen LogP contribution < -0.4 is 10.0 Å². The van der Waals surface area contributed by atoms with Gasteiger partial charge in [-0.15, -0.1) is 0 Å². The van der Waals surface area contributed by atoms with Gasteiger partial charge in [0.05, 0.1) is 10.3 Å². The van der Waals surface area contributed by atoms with Gasteiger partial charge in [0.1, 0.15) is 0 Å². The normalized spacial score (nSPS) is 21.4. The number of pyridine rings is 1. The lowest BCUT2D eigenvalue weighted by molar-refractivity contribution is 0.301. The summed E-state index contributed by atoms with van der Waals surface area (Å²) in [5, 5.41) is 4.79. The van der Waals surface area contributed by atoms with Crippen LogP contribution in [0, 0.1) is 5.92 Å². The first kappa shape index (κ1) is 20.2. The third kappa shape index (κ3) is 5.06. The third-order valence-electron chi connectivity index (χ3n) is 5.46. The van der Waals surface area contributed by atoms with Gasteiger partial charge in [0.25, 0.3) is 0 Å². The highest BCUT2D eigenvalue weighted by Gasteiger charge is 2.32. The van der Waals surface area contributed by atoms with Gasteiger partial charge >= 0.3 is 0 Å². The molecule has 0 amide bonds. The summed E-state index contributed by atoms with van der Waals surface area (Å²) in [5.41, 5.74) is 2.30. The fraction of sp³-hybridized carbons (Fsp3) is 0.571. The topological polar surface area (TPSA) is 71.1 Å². The predicted molar refractivity (Wildman–Crippen MR) is 111 cm³/mol. The van der Waals surface area contributed by atoms with Crippen molar-refractivity contribution in [3.63, 3.8) is 0 Å². The van der Waals surface area contributed by atoms with Crippen LogP contribution in [-0.4, -0.2) is 30.7 Å². The second-order valence-corrected chi connectivity index (χ2v) is 11.0. The smallest absolute Gasteiger partial charge is 0.216 e. The molecule has 0 saturated heterocycles. The molecule has 5 nitrogen and oxygen atoms in total. The van der Waals surface area contributed by atoms with E-state index in [-0.39, 0.29) is 6.04 Å². The van der Waals surface area contributed by atoms with Crippen LogP contribution in [0.2, 0.25) is 0 Å². The first-order valence-electron chi connectivity index (χ1n) is 9.81. The van der Waals surface area contributed by atoms with Crippen LogP contribution in [0.15, 0.2) is 36.5 Å². The molecule has 0 atom stereocenters. The monoisotopic (exact) mass is 389 g/mol. The number of para-hydroxylation sites is 1. The van der Waals surface area contributed by atoms with Gasteiger partial charge in [-0.2, -0.15) is 0 Å². The van der Waals surface area contributed by atoms with E-state index in [1.165, 1.54) is 10.9 Å². The Hall–Kier alpha value is -1.50. The molecule has 2 N–H and O–H groups in total. The summed E-state index contributed by atoms with van der Waals surface area (Å²) in [6, 6.07) is 10.4. The van der Waals surface area contributed by atoms with Gasteiger partial charge in [-0.1, -0.05) is 18.2 Å². The fourth-order valence-corrected chi connectivity index (χ4v) is 4.63. The Morgan fingerprint density at radius 1 is 1.07 bits per heavy atom. The average Bonchev–Trinajstić information content (AvgIpc) is 2.62. The van der Waals surface area contributed by atoms with E-state index in [9.17, 15) is 8.42 Å². The molecule has 1 aromatic heterocycles. The minimum atomic E-state index is -3.26. The number of fused-ring (bicyclic) bond motifs is 1. The van der Waals surface area contributed by atoms with E-state index in [1.54, 1.807) is 20.8 Å². The number of hydrogen-bond acceptors (Lipinski definition) is 4. The van der Waals surface area contributed by atoms with Gasteiger partial charge in [0.2, 0.25) is 10.0 Å². The molecule has 27 heavy (non-hydrogen) atoms. The maximum atomic E-state index is 12.3. The Balaban J connectivity index is 1.46. The molecule has 6 heteroatoms. The van der Waals surface area contributed by atoms with Gasteiger partial charge in [0.15, 0.2) is 0 Å². The van der Waals surface area contributed by atoms with Crippen molar-refractivity contribution < 1.29 is 8.42 Å². The van der Waals surface area contributed by atoms with Crippen molar-refractivity contribution in [1.29, 1.82) is 0 Å². The van der Waals surface area contributed by atoms with E-state index >= 15 is 0 Å². The van der Waals surface area contributed by atoms with Crippen molar-refractivity contribution in [3.05, 3.63) is 42.1 Å². The zero-order valence-corrected chi connectivity index (χ0v) is 17.3. The Morgan fingerprint density at radius 2 is 1.78 bits per heavy atom. The number of hydrogen-bond donors (Lipinski definition) is 2. The Bertz CT molecular complexity index is 861. The molecular weight excluding hydrogens is 358 g/mol. The highest BCUT2D eigenvalue weighted by molar-refractivity contribution is 7.90. The number of nitrogens with zero attached hydrogens (tertiary/aromatic N) is 1. The van der Waals surface area contributed by atoms with Crippen LogP contribution in [0.1, 0.15) is 52.0 Å². The first-order valence-corrected chi connectivity index (χ1v) is 11.3. The van der Waals surface area contributed by atoms with Crippen molar-refractivity contribution in [3.8, 4) is 0 Å². The number of benzene rings is 1. The third-order valence-corrected chi connectivity index (χ3v) is 7.72. The van der Waals surface area contributed by atoms with Gasteiger partial charge in [-0.05, 0) is 76.6 Å². The lowest BCUT2D eigenvalue weighted by Crippen LogP contribution is -2.46. The summed E-state index contributed by atoms with van der Waals surface area (Å²) >= 11 is 0. The molecule has 1 aliphatic carbocycles. The number of nitrogens with one attached hydrogen (secondary N) is 2. The van der Waals surface area contributed by atoms with Crippen LogP contribution >= 0.6 is 0 Å². The molecule has 0 aliphatic heterocycles. The highest BCUT2D eigenvalue weighted by atomic mass is 32.2. The highest BCUT2D eigenvalue weighted by Crippen LogP contribution is 2.26. The number of sulfonamides is 1. The molecule has 0 bridgehead atoms. The SMILES string of the molecule is CC(C)(C)S(=O)(=O)NC1CCC(CNCc2ccnc3ccccc23)CC1. The van der Waals surface area contributed by atoms with Crippen molar-refractivity contribution >= 4 is 20.9 Å². The van der Waals surface area contributed by atoms with E-state index in [0.29, 0.717) is 5.92 Å². The molecule has 1 aromatic carbocycles. The second kappa shape index (κ2) is 8.25. The summed E-state index contributed by atoms with van der Waals surface area (Å²) in [7, 11) is -3.26. The van der Waals surface area contributed by atoms with E-state index in [0.717, 1.165) is 44.3 Å². The minimum Gasteiger partial charge on any atom is -0.312 e. The molecule has 1 heterocycles. The molecule has 0 radical (unpaired) electrons. The molecule has 0 unspecified atom stereocenters. The summed E-state index contributed by atoms with van der Waals surface area (Å²) < 4.78 is 26.8. The van der Waals surface area contributed by atoms with Gasteiger partial charge in [-0.3, -0.25) is 4.98 Å². The lowest BCUT2D eigenvalue weighted by atomic mass is 9.86. The van der Waals surface area contributed by atoms with Crippen molar-refractivity contribution in [2.45, 2.75) is 63.8 Å². The van der Waals surface area contributed by atoms with Crippen molar-refractivity contribution in [1.82, 2.24) is 15.0 Å². The molecular formula is C21H31N3O2S. The van der Waals surface area contributed by atoms with E-state index in [2.05, 4.69) is 27.2 Å². The molecule has 3 rings (SSSR count). The van der Waals surface area contributed by atoms with Crippen LogP contribution in [0.3, 0.4) is 0 Å². The maximum Gasteiger partial charge on any atom is 0.216 e. The van der Waals surface area contributed by atoms with Gasteiger partial charge in [-0.25, -0.2) is 13.1 Å². The number of aromatic nitrogens is 1. The molecule has 1 saturated carbocycles. The Labute approximate surface area is 163 Å². The predicted octanol–water partition coefficient (Wildman–Crippen LogP) is 3.60. The van der Waals surface area contributed by atoms with Crippen molar-refractivity contribution in [2.24, 2.45) is 5.92 Å². The quantitative estimate of drug-likeness (QED) is 0.792. The average molecular weight is 390 g/mol. The summed E-state index contributed by atoms with van der Waals surface area (Å²) in [6.07, 6.45) is 5.81. The first-order chi connectivity index (χ1) is 12.8. The summed E-state index contributed by atoms with van der Waals surface area (Å²) in [6.45, 7) is 7.03. The van der Waals surface area contributed by atoms with E-state index in [4.69, 9.17) is 0 Å². The molecule has 0 spiro atoms. The van der Waals surface area contributed by atoms with Crippen LogP contribution in [0.4, 0.5) is 0 Å². The second-order valence-electron chi connectivity index (χ2n) is 8.57. The lowest BCUT2D eigenvalue weighted by Gasteiger charge is -2.31. The van der Waals surface area contributed by atoms with E-state index < -0.39 is 14.8 Å². The molecule has 148 valence electrons. The zero-order chi connectivity index (χ0) is 19.5. The summed E-state index contributed by atoms with van der Waals surface area (Å²) in [4.78, 5) is 4.41. The van der Waals surface area contributed by atoms with E-state index in [1.807, 2.05) is 24.4 Å². The van der Waals surface area contributed by atoms with Crippen molar-refractivity contribution in [2.75, 3.05) is 6.54 Å².